The fourth-order valence-electron chi connectivity index (χ4n) is 0.184. The molecule has 0 spiro atoms. The first-order valence-electron chi connectivity index (χ1n) is 3.39. The first kappa shape index (κ1) is 13.5. The molecular weight excluding hydrogens is 163 g/mol. The van der Waals surface area contributed by atoms with E-state index in [4.69, 9.17) is 17.5 Å². The third-order valence-corrected chi connectivity index (χ3v) is 1.41. The summed E-state index contributed by atoms with van der Waals surface area (Å²) >= 11 is -0.178. The van der Waals surface area contributed by atoms with Crippen LogP contribution < -0.4 is 0 Å². The summed E-state index contributed by atoms with van der Waals surface area (Å²) in [5, 5.41) is 7.42. The Hall–Kier alpha value is -0.0775. The van der Waals surface area contributed by atoms with Crippen LogP contribution in [-0.2, 0) is 12.4 Å². The van der Waals surface area contributed by atoms with E-state index in [9.17, 15) is 0 Å². The molecule has 0 fully saturated rings. The van der Waals surface area contributed by atoms with Crippen molar-refractivity contribution in [3.05, 3.63) is 0 Å². The van der Waals surface area contributed by atoms with Gasteiger partial charge in [-0.3, -0.25) is 4.79 Å². The third-order valence-electron chi connectivity index (χ3n) is 0.469. The molecule has 0 aromatic heterocycles. The lowest BCUT2D eigenvalue weighted by Crippen LogP contribution is -2.02. The van der Waals surface area contributed by atoms with E-state index in [1.54, 1.807) is 0 Å². The van der Waals surface area contributed by atoms with Crippen LogP contribution in [0, 0.1) is 0 Å². The number of aliphatic carboxylic acids is 1. The fraction of sp³-hybridized carbons (Fsp3) is 0.833. The normalized spacial score (nSPS) is 7.91. The average molecular weight is 177 g/mol. The largest absolute Gasteiger partial charge is 0.668 e. The van der Waals surface area contributed by atoms with Gasteiger partial charge in [-0.05, 0) is 13.8 Å². The van der Waals surface area contributed by atoms with Gasteiger partial charge in [0.15, 0.2) is 0 Å². The summed E-state index contributed by atoms with van der Waals surface area (Å²) in [5.41, 5.74) is 0. The summed E-state index contributed by atoms with van der Waals surface area (Å²) in [7, 11) is 0. The maximum absolute atomic E-state index is 9.00. The number of carboxylic acid groups (broad SMARTS) is 1. The van der Waals surface area contributed by atoms with E-state index < -0.39 is 5.97 Å². The molecule has 0 aliphatic rings. The smallest absolute Gasteiger partial charge is 0.484 e. The van der Waals surface area contributed by atoms with Crippen molar-refractivity contribution in [2.75, 3.05) is 13.2 Å². The molecule has 1 N–H and O–H groups in total. The molecule has 5 heteroatoms. The van der Waals surface area contributed by atoms with Gasteiger partial charge in [0.25, 0.3) is 5.97 Å². The first-order chi connectivity index (χ1) is 5.15. The monoisotopic (exact) mass is 177 g/mol. The maximum Gasteiger partial charge on any atom is 0.668 e. The van der Waals surface area contributed by atoms with E-state index in [-0.39, 0.29) is 15.9 Å². The van der Waals surface area contributed by atoms with Crippen LogP contribution in [0.2, 0.25) is 0 Å². The molecule has 4 nitrogen and oxygen atoms in total. The molecule has 0 bridgehead atoms. The molecule has 11 heavy (non-hydrogen) atoms. The summed E-state index contributed by atoms with van der Waals surface area (Å²) in [6.45, 7) is 6.56. The van der Waals surface area contributed by atoms with Gasteiger partial charge in [0, 0.05) is 20.1 Å². The lowest BCUT2D eigenvalue weighted by atomic mass is 10.9. The molecule has 65 valence electrons. The minimum atomic E-state index is -0.833. The van der Waals surface area contributed by atoms with Crippen molar-refractivity contribution in [3.8, 4) is 0 Å². The zero-order chi connectivity index (χ0) is 9.11. The summed E-state index contributed by atoms with van der Waals surface area (Å²) < 4.78 is 9.87. The van der Waals surface area contributed by atoms with Crippen molar-refractivity contribution in [3.63, 3.8) is 0 Å². The fourth-order valence-corrected chi connectivity index (χ4v) is 0.553. The number of carbonyl (C=O) groups is 1. The Morgan fingerprint density at radius 3 is 1.82 bits per heavy atom. The van der Waals surface area contributed by atoms with Gasteiger partial charge in [-0.2, -0.15) is 0 Å². The SMILES string of the molecule is CC(=O)O.CC[O][Al][O]CC. The highest BCUT2D eigenvalue weighted by molar-refractivity contribution is 6.17. The number of carboxylic acids is 1. The molecule has 1 radical (unpaired) electrons. The van der Waals surface area contributed by atoms with Crippen molar-refractivity contribution >= 4 is 21.9 Å². The minimum absolute atomic E-state index is 0.178. The highest BCUT2D eigenvalue weighted by Crippen LogP contribution is 1.70. The van der Waals surface area contributed by atoms with Crippen LogP contribution in [0.1, 0.15) is 20.8 Å². The second-order valence-electron chi connectivity index (χ2n) is 1.53. The predicted octanol–water partition coefficient (Wildman–Crippen LogP) is 0.684. The Morgan fingerprint density at radius 1 is 1.36 bits per heavy atom. The molecule has 0 rings (SSSR count). The van der Waals surface area contributed by atoms with Gasteiger partial charge in [-0.15, -0.1) is 0 Å². The molecule has 0 aromatic carbocycles. The summed E-state index contributed by atoms with van der Waals surface area (Å²) in [6, 6.07) is 0. The van der Waals surface area contributed by atoms with Crippen LogP contribution in [0.4, 0.5) is 0 Å². The van der Waals surface area contributed by atoms with Crippen LogP contribution in [0.15, 0.2) is 0 Å². The summed E-state index contributed by atoms with van der Waals surface area (Å²) in [6.07, 6.45) is 0. The number of hydrogen-bond donors (Lipinski definition) is 1. The molecule has 0 aliphatic heterocycles. The van der Waals surface area contributed by atoms with E-state index in [2.05, 4.69) is 0 Å². The average Bonchev–Trinajstić information content (AvgIpc) is 1.88. The first-order valence-corrected chi connectivity index (χ1v) is 4.33. The van der Waals surface area contributed by atoms with Gasteiger partial charge in [0.1, 0.15) is 0 Å². The van der Waals surface area contributed by atoms with E-state index in [1.165, 1.54) is 0 Å². The van der Waals surface area contributed by atoms with Crippen LogP contribution >= 0.6 is 0 Å². The minimum Gasteiger partial charge on any atom is -0.484 e. The molecule has 0 atom stereocenters. The van der Waals surface area contributed by atoms with E-state index in [1.807, 2.05) is 13.8 Å². The molecule has 0 aromatic rings. The van der Waals surface area contributed by atoms with E-state index in [0.29, 0.717) is 0 Å². The molecule has 0 saturated carbocycles. The highest BCUT2D eigenvalue weighted by atomic mass is 27.2. The second kappa shape index (κ2) is 12.6. The van der Waals surface area contributed by atoms with Gasteiger partial charge in [-0.25, -0.2) is 0 Å². The Kier molecular flexibility index (Phi) is 15.5. The number of hydrogen-bond acceptors (Lipinski definition) is 3. The Balaban J connectivity index is 0. The zero-order valence-electron chi connectivity index (χ0n) is 7.16. The van der Waals surface area contributed by atoms with E-state index in [0.717, 1.165) is 20.1 Å². The number of rotatable bonds is 4. The van der Waals surface area contributed by atoms with Crippen molar-refractivity contribution in [2.45, 2.75) is 20.8 Å². The molecule has 0 heterocycles. The quantitative estimate of drug-likeness (QED) is 0.507. The van der Waals surface area contributed by atoms with Gasteiger partial charge >= 0.3 is 15.9 Å². The van der Waals surface area contributed by atoms with Crippen LogP contribution in [0.5, 0.6) is 0 Å². The molecule has 0 amide bonds. The lowest BCUT2D eigenvalue weighted by Gasteiger charge is -1.95. The van der Waals surface area contributed by atoms with Gasteiger partial charge in [0.2, 0.25) is 0 Å². The third kappa shape index (κ3) is 40.5. The molecular formula is C6H14AlO4. The van der Waals surface area contributed by atoms with Crippen LogP contribution in [-0.4, -0.2) is 40.2 Å². The van der Waals surface area contributed by atoms with Crippen LogP contribution in [0.3, 0.4) is 0 Å². The lowest BCUT2D eigenvalue weighted by molar-refractivity contribution is -0.134. The zero-order valence-corrected chi connectivity index (χ0v) is 8.32. The molecule has 0 saturated heterocycles. The van der Waals surface area contributed by atoms with Crippen molar-refractivity contribution in [1.82, 2.24) is 0 Å². The van der Waals surface area contributed by atoms with Crippen molar-refractivity contribution in [1.29, 1.82) is 0 Å². The van der Waals surface area contributed by atoms with Gasteiger partial charge in [0.05, 0.1) is 0 Å². The maximum atomic E-state index is 9.00. The Morgan fingerprint density at radius 2 is 1.64 bits per heavy atom. The standard InChI is InChI=1S/C2H4O2.2C2H5O.Al/c1-2(3)4;2*1-2-3;/h1H3,(H,3,4);2*2H2,1H3;/q;2*-1;+2. The molecule has 0 unspecified atom stereocenters. The Bertz CT molecular complexity index is 78.7. The summed E-state index contributed by atoms with van der Waals surface area (Å²) in [4.78, 5) is 9.00. The van der Waals surface area contributed by atoms with Crippen LogP contribution in [0.25, 0.3) is 0 Å². The molecule has 0 aliphatic carbocycles. The van der Waals surface area contributed by atoms with Gasteiger partial charge < -0.3 is 12.7 Å². The highest BCUT2D eigenvalue weighted by Gasteiger charge is 1.89. The Labute approximate surface area is 73.9 Å². The van der Waals surface area contributed by atoms with Gasteiger partial charge in [-0.1, -0.05) is 0 Å². The van der Waals surface area contributed by atoms with E-state index >= 15 is 0 Å². The van der Waals surface area contributed by atoms with Crippen molar-refractivity contribution in [2.24, 2.45) is 0 Å². The summed E-state index contributed by atoms with van der Waals surface area (Å²) in [5.74, 6) is -0.833. The topological polar surface area (TPSA) is 55.8 Å². The second-order valence-corrected chi connectivity index (χ2v) is 2.39. The predicted molar refractivity (Wildman–Crippen MR) is 42.3 cm³/mol. The van der Waals surface area contributed by atoms with Crippen molar-refractivity contribution < 1.29 is 17.5 Å².